The summed E-state index contributed by atoms with van der Waals surface area (Å²) in [7, 11) is 0. The predicted molar refractivity (Wildman–Crippen MR) is 86.9 cm³/mol. The Balaban J connectivity index is 1.71. The van der Waals surface area contributed by atoms with E-state index >= 15 is 0 Å². The van der Waals surface area contributed by atoms with E-state index in [-0.39, 0.29) is 19.1 Å². The van der Waals surface area contributed by atoms with Crippen LogP contribution >= 0.6 is 11.3 Å². The summed E-state index contributed by atoms with van der Waals surface area (Å²) in [5.41, 5.74) is 1.15. The molecule has 0 aliphatic heterocycles. The minimum atomic E-state index is -0.685. The van der Waals surface area contributed by atoms with Gasteiger partial charge < -0.3 is 20.2 Å². The van der Waals surface area contributed by atoms with Crippen molar-refractivity contribution < 1.29 is 19.1 Å². The fourth-order valence-corrected chi connectivity index (χ4v) is 2.98. The van der Waals surface area contributed by atoms with Crippen LogP contribution in [0, 0.1) is 0 Å². The van der Waals surface area contributed by atoms with Crippen molar-refractivity contribution in [1.29, 1.82) is 0 Å². The molecule has 0 saturated heterocycles. The molecular weight excluding hydrogens is 316 g/mol. The Kier molecular flexibility index (Phi) is 6.83. The Bertz CT molecular complexity index is 596. The zero-order valence-corrected chi connectivity index (χ0v) is 13.5. The van der Waals surface area contributed by atoms with E-state index in [1.165, 1.54) is 6.26 Å². The molecule has 0 bridgehead atoms. The molecule has 124 valence electrons. The molecule has 0 aliphatic rings. The van der Waals surface area contributed by atoms with Crippen LogP contribution in [-0.4, -0.2) is 30.1 Å². The van der Waals surface area contributed by atoms with Crippen LogP contribution in [0.2, 0.25) is 0 Å². The fourth-order valence-electron chi connectivity index (χ4n) is 2.24. The highest BCUT2D eigenvalue weighted by Gasteiger charge is 2.15. The van der Waals surface area contributed by atoms with Crippen molar-refractivity contribution in [2.24, 2.45) is 0 Å². The third-order valence-corrected chi connectivity index (χ3v) is 4.18. The first-order valence-electron chi connectivity index (χ1n) is 7.42. The van der Waals surface area contributed by atoms with Gasteiger partial charge in [0.25, 0.3) is 0 Å². The lowest BCUT2D eigenvalue weighted by Crippen LogP contribution is -2.40. The van der Waals surface area contributed by atoms with Crippen molar-refractivity contribution in [2.75, 3.05) is 13.2 Å². The number of rotatable bonds is 8. The summed E-state index contributed by atoms with van der Waals surface area (Å²) in [6.07, 6.45) is 2.82. The molecule has 0 aliphatic carbocycles. The summed E-state index contributed by atoms with van der Waals surface area (Å²) in [6.45, 7) is 0.660. The van der Waals surface area contributed by atoms with Gasteiger partial charge in [0.15, 0.2) is 0 Å². The monoisotopic (exact) mass is 336 g/mol. The predicted octanol–water partition coefficient (Wildman–Crippen LogP) is 1.63. The smallest absolute Gasteiger partial charge is 0.309 e. The number of amides is 2. The maximum absolute atomic E-state index is 11.7. The molecule has 2 aromatic heterocycles. The van der Waals surface area contributed by atoms with E-state index in [0.717, 1.165) is 5.56 Å². The Morgan fingerprint density at radius 2 is 2.04 bits per heavy atom. The van der Waals surface area contributed by atoms with Gasteiger partial charge in [-0.15, -0.1) is 0 Å². The number of carbonyl (C=O) groups excluding carboxylic acids is 2. The normalized spacial score (nSPS) is 11.9. The van der Waals surface area contributed by atoms with E-state index < -0.39 is 11.8 Å². The van der Waals surface area contributed by atoms with Crippen molar-refractivity contribution in [2.45, 2.75) is 25.3 Å². The van der Waals surface area contributed by atoms with E-state index in [4.69, 9.17) is 9.52 Å². The van der Waals surface area contributed by atoms with Gasteiger partial charge in [-0.3, -0.25) is 9.59 Å². The van der Waals surface area contributed by atoms with Crippen molar-refractivity contribution >= 4 is 23.2 Å². The molecule has 23 heavy (non-hydrogen) atoms. The maximum Gasteiger partial charge on any atom is 0.309 e. The molecular formula is C16H20N2O4S. The SMILES string of the molecule is O=C(NCCC(CCO)c1ccsc1)C(=O)NCc1ccco1. The van der Waals surface area contributed by atoms with E-state index in [0.29, 0.717) is 25.1 Å². The third-order valence-electron chi connectivity index (χ3n) is 3.48. The summed E-state index contributed by atoms with van der Waals surface area (Å²) in [6, 6.07) is 5.45. The highest BCUT2D eigenvalue weighted by atomic mass is 32.1. The van der Waals surface area contributed by atoms with Crippen LogP contribution in [0.3, 0.4) is 0 Å². The van der Waals surface area contributed by atoms with Gasteiger partial charge in [-0.25, -0.2) is 0 Å². The molecule has 1 atom stereocenters. The first-order valence-corrected chi connectivity index (χ1v) is 8.36. The minimum absolute atomic E-state index is 0.0953. The van der Waals surface area contributed by atoms with Crippen molar-refractivity contribution in [3.63, 3.8) is 0 Å². The topological polar surface area (TPSA) is 91.6 Å². The fraction of sp³-hybridized carbons (Fsp3) is 0.375. The molecule has 2 aromatic rings. The molecule has 0 aromatic carbocycles. The highest BCUT2D eigenvalue weighted by molar-refractivity contribution is 7.07. The second-order valence-corrected chi connectivity index (χ2v) is 5.85. The number of nitrogens with one attached hydrogen (secondary N) is 2. The molecule has 2 heterocycles. The average molecular weight is 336 g/mol. The molecule has 0 fully saturated rings. The molecule has 2 rings (SSSR count). The van der Waals surface area contributed by atoms with Crippen molar-refractivity contribution in [3.8, 4) is 0 Å². The van der Waals surface area contributed by atoms with Gasteiger partial charge >= 0.3 is 11.8 Å². The Hall–Kier alpha value is -2.12. The maximum atomic E-state index is 11.7. The largest absolute Gasteiger partial charge is 0.467 e. The Morgan fingerprint density at radius 1 is 1.22 bits per heavy atom. The van der Waals surface area contributed by atoms with Crippen molar-refractivity contribution in [1.82, 2.24) is 10.6 Å². The van der Waals surface area contributed by atoms with Gasteiger partial charge in [0.05, 0.1) is 12.8 Å². The van der Waals surface area contributed by atoms with Crippen LogP contribution in [0.1, 0.15) is 30.1 Å². The number of aliphatic hydroxyl groups is 1. The first-order chi connectivity index (χ1) is 11.2. The standard InChI is InChI=1S/C16H20N2O4S/c19-7-4-12(13-5-9-23-11-13)3-6-17-15(20)16(21)18-10-14-2-1-8-22-14/h1-2,5,8-9,11-12,19H,3-4,6-7,10H2,(H,17,20)(H,18,21). The molecule has 3 N–H and O–H groups in total. The van der Waals surface area contributed by atoms with Crippen molar-refractivity contribution in [3.05, 3.63) is 46.5 Å². The Morgan fingerprint density at radius 3 is 2.70 bits per heavy atom. The molecule has 7 heteroatoms. The van der Waals surface area contributed by atoms with Crippen LogP contribution in [0.15, 0.2) is 39.6 Å². The van der Waals surface area contributed by atoms with E-state index in [1.54, 1.807) is 23.5 Å². The highest BCUT2D eigenvalue weighted by Crippen LogP contribution is 2.24. The molecule has 0 radical (unpaired) electrons. The quantitative estimate of drug-likeness (QED) is 0.639. The molecule has 0 saturated carbocycles. The lowest BCUT2D eigenvalue weighted by atomic mass is 9.95. The summed E-state index contributed by atoms with van der Waals surface area (Å²) < 4.78 is 5.08. The van der Waals surface area contributed by atoms with Gasteiger partial charge in [0, 0.05) is 13.2 Å². The third kappa shape index (κ3) is 5.54. The Labute approximate surface area is 138 Å². The summed E-state index contributed by atoms with van der Waals surface area (Å²) in [5.74, 6) is -0.579. The van der Waals surface area contributed by atoms with Crippen LogP contribution in [0.4, 0.5) is 0 Å². The number of carbonyl (C=O) groups is 2. The van der Waals surface area contributed by atoms with Crippen LogP contribution < -0.4 is 10.6 Å². The van der Waals surface area contributed by atoms with Crippen LogP contribution in [0.5, 0.6) is 0 Å². The second-order valence-electron chi connectivity index (χ2n) is 5.07. The van der Waals surface area contributed by atoms with E-state index in [1.807, 2.05) is 16.8 Å². The van der Waals surface area contributed by atoms with Gasteiger partial charge in [-0.05, 0) is 53.3 Å². The number of aliphatic hydroxyl groups excluding tert-OH is 1. The van der Waals surface area contributed by atoms with E-state index in [2.05, 4.69) is 10.6 Å². The lowest BCUT2D eigenvalue weighted by Gasteiger charge is -2.14. The van der Waals surface area contributed by atoms with Gasteiger partial charge in [-0.2, -0.15) is 11.3 Å². The van der Waals surface area contributed by atoms with Gasteiger partial charge in [-0.1, -0.05) is 0 Å². The average Bonchev–Trinajstić information content (AvgIpc) is 3.24. The van der Waals surface area contributed by atoms with E-state index in [9.17, 15) is 9.59 Å². The second kappa shape index (κ2) is 9.12. The minimum Gasteiger partial charge on any atom is -0.467 e. The van der Waals surface area contributed by atoms with Crippen LogP contribution in [0.25, 0.3) is 0 Å². The summed E-state index contributed by atoms with van der Waals surface area (Å²) in [5, 5.41) is 18.3. The summed E-state index contributed by atoms with van der Waals surface area (Å²) >= 11 is 1.60. The number of furan rings is 1. The van der Waals surface area contributed by atoms with Gasteiger partial charge in [0.1, 0.15) is 5.76 Å². The molecule has 6 nitrogen and oxygen atoms in total. The first kappa shape index (κ1) is 17.2. The summed E-state index contributed by atoms with van der Waals surface area (Å²) in [4.78, 5) is 23.4. The van der Waals surface area contributed by atoms with Crippen LogP contribution in [-0.2, 0) is 16.1 Å². The number of hydrogen-bond donors (Lipinski definition) is 3. The lowest BCUT2D eigenvalue weighted by molar-refractivity contribution is -0.139. The van der Waals surface area contributed by atoms with Gasteiger partial charge in [0.2, 0.25) is 0 Å². The zero-order valence-electron chi connectivity index (χ0n) is 12.7. The molecule has 1 unspecified atom stereocenters. The number of hydrogen-bond acceptors (Lipinski definition) is 5. The molecule has 0 spiro atoms. The number of thiophene rings is 1. The zero-order chi connectivity index (χ0) is 16.5. The molecule has 2 amide bonds.